The summed E-state index contributed by atoms with van der Waals surface area (Å²) in [7, 11) is 0. The Labute approximate surface area is 241 Å². The number of benzene rings is 4. The van der Waals surface area contributed by atoms with Gasteiger partial charge in [0.2, 0.25) is 0 Å². The fourth-order valence-corrected chi connectivity index (χ4v) is 5.37. The summed E-state index contributed by atoms with van der Waals surface area (Å²) in [6.45, 7) is 4.06. The fraction of sp³-hybridized carbons (Fsp3) is 0.257. The van der Waals surface area contributed by atoms with Gasteiger partial charge in [-0.1, -0.05) is 61.5 Å². The molecule has 4 aromatic rings. The van der Waals surface area contributed by atoms with E-state index in [0.29, 0.717) is 22.7 Å². The van der Waals surface area contributed by atoms with Crippen LogP contribution in [0.2, 0.25) is 0 Å². The predicted molar refractivity (Wildman–Crippen MR) is 163 cm³/mol. The van der Waals surface area contributed by atoms with Crippen LogP contribution >= 0.6 is 0 Å². The molecule has 1 heterocycles. The molecule has 4 aromatic carbocycles. The summed E-state index contributed by atoms with van der Waals surface area (Å²) in [4.78, 5) is 28.7. The lowest BCUT2D eigenvalue weighted by atomic mass is 9.89. The topological polar surface area (TPSA) is 61.4 Å². The molecule has 41 heavy (non-hydrogen) atoms. The quantitative estimate of drug-likeness (QED) is 0.236. The first kappa shape index (κ1) is 28.1. The van der Waals surface area contributed by atoms with Gasteiger partial charge in [0.25, 0.3) is 11.8 Å². The largest absolute Gasteiger partial charge is 0.371 e. The summed E-state index contributed by atoms with van der Waals surface area (Å²) < 4.78 is 13.3. The molecule has 6 heteroatoms. The van der Waals surface area contributed by atoms with Crippen molar-refractivity contribution in [2.45, 2.75) is 39.2 Å². The van der Waals surface area contributed by atoms with Gasteiger partial charge in [-0.15, -0.1) is 0 Å². The number of halogens is 1. The number of hydrogen-bond acceptors (Lipinski definition) is 3. The van der Waals surface area contributed by atoms with E-state index in [1.807, 2.05) is 42.5 Å². The highest BCUT2D eigenvalue weighted by Gasteiger charge is 2.24. The Morgan fingerprint density at radius 2 is 1.49 bits per heavy atom. The van der Waals surface area contributed by atoms with Gasteiger partial charge in [-0.2, -0.15) is 0 Å². The number of nitrogens with one attached hydrogen (secondary N) is 2. The van der Waals surface area contributed by atoms with Crippen molar-refractivity contribution in [1.82, 2.24) is 5.32 Å². The fourth-order valence-electron chi connectivity index (χ4n) is 5.37. The summed E-state index contributed by atoms with van der Waals surface area (Å²) in [5, 5.41) is 5.94. The average molecular weight is 550 g/mol. The molecule has 0 radical (unpaired) electrons. The number of hydrogen-bond donors (Lipinski definition) is 2. The molecule has 0 unspecified atom stereocenters. The second kappa shape index (κ2) is 13.3. The van der Waals surface area contributed by atoms with E-state index in [4.69, 9.17) is 0 Å². The van der Waals surface area contributed by atoms with E-state index in [0.717, 1.165) is 50.0 Å². The van der Waals surface area contributed by atoms with E-state index in [9.17, 15) is 14.0 Å². The van der Waals surface area contributed by atoms with E-state index < -0.39 is 0 Å². The van der Waals surface area contributed by atoms with Gasteiger partial charge in [-0.25, -0.2) is 4.39 Å². The van der Waals surface area contributed by atoms with Crippen molar-refractivity contribution in [3.05, 3.63) is 131 Å². The third-order valence-electron chi connectivity index (χ3n) is 7.81. The number of carbonyl (C=O) groups is 2. The van der Waals surface area contributed by atoms with Gasteiger partial charge < -0.3 is 15.5 Å². The molecule has 1 saturated heterocycles. The number of amides is 2. The Bertz CT molecular complexity index is 1460. The summed E-state index contributed by atoms with van der Waals surface area (Å²) in [6.07, 6.45) is 4.04. The summed E-state index contributed by atoms with van der Waals surface area (Å²) in [6, 6.07) is 29.8. The number of piperidine rings is 1. The lowest BCUT2D eigenvalue weighted by molar-refractivity contribution is 0.0950. The van der Waals surface area contributed by atoms with Crippen LogP contribution in [-0.2, 0) is 19.4 Å². The number of nitrogens with zero attached hydrogens (tertiary/aromatic N) is 1. The molecular weight excluding hydrogens is 513 g/mol. The van der Waals surface area contributed by atoms with Gasteiger partial charge in [0.15, 0.2) is 0 Å². The molecule has 0 saturated carbocycles. The van der Waals surface area contributed by atoms with Crippen molar-refractivity contribution in [1.29, 1.82) is 0 Å². The summed E-state index contributed by atoms with van der Waals surface area (Å²) >= 11 is 0. The van der Waals surface area contributed by atoms with Crippen molar-refractivity contribution < 1.29 is 14.0 Å². The maximum atomic E-state index is 13.5. The van der Waals surface area contributed by atoms with Crippen LogP contribution in [0.3, 0.4) is 0 Å². The minimum Gasteiger partial charge on any atom is -0.371 e. The Hall–Kier alpha value is -4.45. The third kappa shape index (κ3) is 7.40. The standard InChI is InChI=1S/C35H36FN3O2/c1-2-25-8-12-29(13-9-25)34(40)38-31-16-17-33(32(23-31)35(41)37-24-28-10-14-30(36)15-11-28)39-20-18-27(19-21-39)22-26-6-4-3-5-7-26/h3-17,23,27H,2,18-22,24H2,1H3,(H,37,41)(H,38,40). The molecule has 0 atom stereocenters. The minimum absolute atomic E-state index is 0.222. The van der Waals surface area contributed by atoms with E-state index in [1.165, 1.54) is 23.3 Å². The van der Waals surface area contributed by atoms with Gasteiger partial charge in [0.1, 0.15) is 5.82 Å². The van der Waals surface area contributed by atoms with Crippen molar-refractivity contribution in [2.24, 2.45) is 5.92 Å². The summed E-state index contributed by atoms with van der Waals surface area (Å²) in [5.74, 6) is -0.174. The normalized spacial score (nSPS) is 13.6. The SMILES string of the molecule is CCc1ccc(C(=O)Nc2ccc(N3CCC(Cc4ccccc4)CC3)c(C(=O)NCc3ccc(F)cc3)c2)cc1. The van der Waals surface area contributed by atoms with Gasteiger partial charge in [0, 0.05) is 36.6 Å². The van der Waals surface area contributed by atoms with Crippen LogP contribution < -0.4 is 15.5 Å². The highest BCUT2D eigenvalue weighted by molar-refractivity contribution is 6.06. The molecular formula is C35H36FN3O2. The zero-order valence-electron chi connectivity index (χ0n) is 23.4. The van der Waals surface area contributed by atoms with Crippen molar-refractivity contribution in [3.8, 4) is 0 Å². The zero-order valence-corrected chi connectivity index (χ0v) is 23.4. The second-order valence-corrected chi connectivity index (χ2v) is 10.7. The summed E-state index contributed by atoms with van der Waals surface area (Å²) in [5.41, 5.74) is 5.81. The Morgan fingerprint density at radius 3 is 2.17 bits per heavy atom. The van der Waals surface area contributed by atoms with Crippen LogP contribution in [0.4, 0.5) is 15.8 Å². The second-order valence-electron chi connectivity index (χ2n) is 10.7. The van der Waals surface area contributed by atoms with Gasteiger partial charge in [0.05, 0.1) is 5.56 Å². The molecule has 2 amide bonds. The zero-order chi connectivity index (χ0) is 28.6. The molecule has 1 fully saturated rings. The molecule has 0 bridgehead atoms. The van der Waals surface area contributed by atoms with Crippen molar-refractivity contribution >= 4 is 23.2 Å². The molecule has 5 nitrogen and oxygen atoms in total. The maximum Gasteiger partial charge on any atom is 0.255 e. The molecule has 2 N–H and O–H groups in total. The smallest absolute Gasteiger partial charge is 0.255 e. The first-order chi connectivity index (χ1) is 20.0. The number of anilines is 2. The lowest BCUT2D eigenvalue weighted by Crippen LogP contribution is -2.36. The number of aryl methyl sites for hydroxylation is 1. The molecule has 0 aromatic heterocycles. The van der Waals surface area contributed by atoms with E-state index in [-0.39, 0.29) is 24.2 Å². The monoisotopic (exact) mass is 549 g/mol. The average Bonchev–Trinajstić information content (AvgIpc) is 3.01. The van der Waals surface area contributed by atoms with Crippen LogP contribution in [0.5, 0.6) is 0 Å². The molecule has 1 aliphatic heterocycles. The molecule has 0 spiro atoms. The van der Waals surface area contributed by atoms with E-state index in [2.05, 4.69) is 46.7 Å². The highest BCUT2D eigenvalue weighted by atomic mass is 19.1. The van der Waals surface area contributed by atoms with Crippen LogP contribution in [0, 0.1) is 11.7 Å². The van der Waals surface area contributed by atoms with E-state index in [1.54, 1.807) is 18.2 Å². The molecule has 1 aliphatic rings. The van der Waals surface area contributed by atoms with E-state index >= 15 is 0 Å². The first-order valence-corrected chi connectivity index (χ1v) is 14.3. The Morgan fingerprint density at radius 1 is 0.805 bits per heavy atom. The highest BCUT2D eigenvalue weighted by Crippen LogP contribution is 2.30. The van der Waals surface area contributed by atoms with Crippen LogP contribution in [-0.4, -0.2) is 24.9 Å². The molecule has 210 valence electrons. The van der Waals surface area contributed by atoms with Gasteiger partial charge >= 0.3 is 0 Å². The number of rotatable bonds is 9. The van der Waals surface area contributed by atoms with Gasteiger partial charge in [-0.3, -0.25) is 9.59 Å². The minimum atomic E-state index is -0.314. The first-order valence-electron chi connectivity index (χ1n) is 14.3. The van der Waals surface area contributed by atoms with Crippen molar-refractivity contribution in [3.63, 3.8) is 0 Å². The maximum absolute atomic E-state index is 13.5. The molecule has 0 aliphatic carbocycles. The van der Waals surface area contributed by atoms with Crippen LogP contribution in [0.15, 0.2) is 97.1 Å². The Kier molecular flexibility index (Phi) is 9.09. The lowest BCUT2D eigenvalue weighted by Gasteiger charge is -2.35. The van der Waals surface area contributed by atoms with Gasteiger partial charge in [-0.05, 0) is 90.8 Å². The third-order valence-corrected chi connectivity index (χ3v) is 7.81. The number of carbonyl (C=O) groups excluding carboxylic acids is 2. The molecule has 5 rings (SSSR count). The Balaban J connectivity index is 1.32. The van der Waals surface area contributed by atoms with Crippen LogP contribution in [0.1, 0.15) is 57.2 Å². The van der Waals surface area contributed by atoms with Crippen molar-refractivity contribution in [2.75, 3.05) is 23.3 Å². The predicted octanol–water partition coefficient (Wildman–Crippen LogP) is 7.03. The van der Waals surface area contributed by atoms with Crippen LogP contribution in [0.25, 0.3) is 0 Å².